The Kier molecular flexibility index (Phi) is 3.57. The molecule has 2 N–H and O–H groups in total. The van der Waals surface area contributed by atoms with Crippen LogP contribution < -0.4 is 5.73 Å². The molecule has 1 atom stereocenters. The van der Waals surface area contributed by atoms with Gasteiger partial charge in [-0.15, -0.1) is 0 Å². The average molecular weight is 227 g/mol. The Bertz CT molecular complexity index is 296. The highest BCUT2D eigenvalue weighted by atomic mass is 16.2. The highest BCUT2D eigenvalue weighted by Gasteiger charge is 2.31. The molecule has 16 heavy (non-hydrogen) atoms. The van der Waals surface area contributed by atoms with Gasteiger partial charge in [-0.3, -0.25) is 9.59 Å². The molecule has 1 aliphatic rings. The van der Waals surface area contributed by atoms with E-state index in [4.69, 9.17) is 5.73 Å². The minimum absolute atomic E-state index is 0.0261. The first-order chi connectivity index (χ1) is 7.21. The zero-order valence-electron chi connectivity index (χ0n) is 10.5. The molecule has 1 saturated heterocycles. The summed E-state index contributed by atoms with van der Waals surface area (Å²) in [6, 6.07) is -0.118. The minimum atomic E-state index is -0.118. The quantitative estimate of drug-likeness (QED) is 0.702. The summed E-state index contributed by atoms with van der Waals surface area (Å²) < 4.78 is 0. The number of nitrogens with two attached hydrogens (primary N) is 1. The summed E-state index contributed by atoms with van der Waals surface area (Å²) in [5.41, 5.74) is 5.94. The van der Waals surface area contributed by atoms with Gasteiger partial charge >= 0.3 is 0 Å². The van der Waals surface area contributed by atoms with Gasteiger partial charge in [-0.1, -0.05) is 20.8 Å². The summed E-state index contributed by atoms with van der Waals surface area (Å²) in [4.78, 5) is 26.2. The lowest BCUT2D eigenvalue weighted by Gasteiger charge is -2.36. The van der Waals surface area contributed by atoms with Crippen molar-refractivity contribution in [1.82, 2.24) is 9.80 Å². The predicted octanol–water partition coefficient (Wildman–Crippen LogP) is -0.340. The van der Waals surface area contributed by atoms with Gasteiger partial charge in [-0.25, -0.2) is 0 Å². The van der Waals surface area contributed by atoms with E-state index in [1.807, 2.05) is 20.8 Å². The van der Waals surface area contributed by atoms with Gasteiger partial charge in [0.05, 0.1) is 13.1 Å². The van der Waals surface area contributed by atoms with Crippen LogP contribution in [0.4, 0.5) is 0 Å². The lowest BCUT2D eigenvalue weighted by atomic mass is 9.87. The molecule has 92 valence electrons. The van der Waals surface area contributed by atoms with Crippen molar-refractivity contribution in [1.29, 1.82) is 0 Å². The molecule has 1 fully saturated rings. The van der Waals surface area contributed by atoms with Crippen molar-refractivity contribution in [2.45, 2.75) is 26.8 Å². The van der Waals surface area contributed by atoms with E-state index < -0.39 is 0 Å². The second-order valence-corrected chi connectivity index (χ2v) is 5.50. The first-order valence-electron chi connectivity index (χ1n) is 5.49. The fourth-order valence-corrected chi connectivity index (χ4v) is 1.44. The zero-order valence-corrected chi connectivity index (χ0v) is 10.5. The topological polar surface area (TPSA) is 66.6 Å². The Morgan fingerprint density at radius 1 is 1.25 bits per heavy atom. The van der Waals surface area contributed by atoms with Crippen LogP contribution in [-0.2, 0) is 9.59 Å². The molecule has 1 aliphatic heterocycles. The maximum atomic E-state index is 11.7. The highest BCUT2D eigenvalue weighted by Crippen LogP contribution is 2.18. The molecule has 0 aromatic heterocycles. The fourth-order valence-electron chi connectivity index (χ4n) is 1.44. The van der Waals surface area contributed by atoms with E-state index in [1.165, 1.54) is 4.90 Å². The van der Waals surface area contributed by atoms with E-state index in [1.54, 1.807) is 11.9 Å². The Labute approximate surface area is 96.6 Å². The first kappa shape index (κ1) is 13.0. The van der Waals surface area contributed by atoms with Crippen LogP contribution in [0.15, 0.2) is 0 Å². The van der Waals surface area contributed by atoms with Gasteiger partial charge in [0.2, 0.25) is 11.8 Å². The third-order valence-corrected chi connectivity index (χ3v) is 3.01. The lowest BCUT2D eigenvalue weighted by Crippen LogP contribution is -2.56. The molecule has 0 bridgehead atoms. The summed E-state index contributed by atoms with van der Waals surface area (Å²) >= 11 is 0. The van der Waals surface area contributed by atoms with Crippen molar-refractivity contribution < 1.29 is 9.59 Å². The van der Waals surface area contributed by atoms with Crippen molar-refractivity contribution in [2.75, 3.05) is 26.7 Å². The molecule has 2 amide bonds. The fraction of sp³-hybridized carbons (Fsp3) is 0.818. The van der Waals surface area contributed by atoms with Crippen LogP contribution in [0.5, 0.6) is 0 Å². The molecule has 0 radical (unpaired) electrons. The molecular weight excluding hydrogens is 206 g/mol. The summed E-state index contributed by atoms with van der Waals surface area (Å²) in [6.07, 6.45) is 0. The largest absolute Gasteiger partial charge is 0.335 e. The maximum Gasteiger partial charge on any atom is 0.242 e. The van der Waals surface area contributed by atoms with Crippen LogP contribution in [0.1, 0.15) is 20.8 Å². The Morgan fingerprint density at radius 2 is 1.81 bits per heavy atom. The van der Waals surface area contributed by atoms with Gasteiger partial charge in [-0.2, -0.15) is 0 Å². The van der Waals surface area contributed by atoms with Crippen LogP contribution in [0.2, 0.25) is 0 Å². The first-order valence-corrected chi connectivity index (χ1v) is 5.49. The summed E-state index contributed by atoms with van der Waals surface area (Å²) in [7, 11) is 1.64. The van der Waals surface area contributed by atoms with Gasteiger partial charge in [0, 0.05) is 19.6 Å². The van der Waals surface area contributed by atoms with E-state index >= 15 is 0 Å². The van der Waals surface area contributed by atoms with Gasteiger partial charge in [0.1, 0.15) is 0 Å². The van der Waals surface area contributed by atoms with Crippen LogP contribution >= 0.6 is 0 Å². The van der Waals surface area contributed by atoms with E-state index in [2.05, 4.69) is 0 Å². The number of rotatable bonds is 2. The molecule has 5 nitrogen and oxygen atoms in total. The Morgan fingerprint density at radius 3 is 2.31 bits per heavy atom. The molecule has 0 aromatic rings. The smallest absolute Gasteiger partial charge is 0.242 e. The number of likely N-dealkylation sites (N-methyl/N-ethyl adjacent to an activating group) is 1. The Hall–Kier alpha value is -1.10. The van der Waals surface area contributed by atoms with E-state index in [0.717, 1.165) is 0 Å². The third kappa shape index (κ3) is 2.95. The second kappa shape index (κ2) is 4.41. The molecule has 5 heteroatoms. The van der Waals surface area contributed by atoms with E-state index in [0.29, 0.717) is 6.54 Å². The summed E-state index contributed by atoms with van der Waals surface area (Å²) in [6.45, 7) is 6.84. The van der Waals surface area contributed by atoms with Gasteiger partial charge in [0.15, 0.2) is 0 Å². The van der Waals surface area contributed by atoms with E-state index in [9.17, 15) is 9.59 Å². The maximum absolute atomic E-state index is 11.7. The standard InChI is InChI=1S/C11H21N3O2/c1-11(2,3)8(12)5-14-7-9(15)13(4)6-10(14)16/h8H,5-7,12H2,1-4H3. The third-order valence-electron chi connectivity index (χ3n) is 3.01. The molecule has 1 unspecified atom stereocenters. The number of carbonyl (C=O) groups excluding carboxylic acids is 2. The lowest BCUT2D eigenvalue weighted by molar-refractivity contribution is -0.149. The number of nitrogens with zero attached hydrogens (tertiary/aromatic N) is 2. The minimum Gasteiger partial charge on any atom is -0.335 e. The van der Waals surface area contributed by atoms with Crippen LogP contribution in [-0.4, -0.2) is 54.3 Å². The molecule has 0 saturated carbocycles. The molecule has 0 aliphatic carbocycles. The monoisotopic (exact) mass is 227 g/mol. The van der Waals surface area contributed by atoms with Crippen molar-refractivity contribution in [2.24, 2.45) is 11.1 Å². The van der Waals surface area contributed by atoms with Crippen molar-refractivity contribution in [3.8, 4) is 0 Å². The normalized spacial score (nSPS) is 20.3. The SMILES string of the molecule is CN1CC(=O)N(CC(N)C(C)(C)C)CC1=O. The Balaban J connectivity index is 2.61. The second-order valence-electron chi connectivity index (χ2n) is 5.50. The highest BCUT2D eigenvalue weighted by molar-refractivity contribution is 5.92. The van der Waals surface area contributed by atoms with Gasteiger partial charge in [0.25, 0.3) is 0 Å². The van der Waals surface area contributed by atoms with Crippen LogP contribution in [0.3, 0.4) is 0 Å². The molecule has 1 heterocycles. The van der Waals surface area contributed by atoms with Gasteiger partial charge in [-0.05, 0) is 5.41 Å². The zero-order chi connectivity index (χ0) is 12.5. The van der Waals surface area contributed by atoms with Crippen LogP contribution in [0, 0.1) is 5.41 Å². The number of hydrogen-bond acceptors (Lipinski definition) is 3. The predicted molar refractivity (Wildman–Crippen MR) is 61.6 cm³/mol. The number of carbonyl (C=O) groups is 2. The van der Waals surface area contributed by atoms with E-state index in [-0.39, 0.29) is 36.4 Å². The number of amides is 2. The van der Waals surface area contributed by atoms with Gasteiger partial charge < -0.3 is 15.5 Å². The molecular formula is C11H21N3O2. The van der Waals surface area contributed by atoms with Crippen LogP contribution in [0.25, 0.3) is 0 Å². The molecule has 0 aromatic carbocycles. The summed E-state index contributed by atoms with van der Waals surface area (Å²) in [5.74, 6) is -0.0532. The van der Waals surface area contributed by atoms with Crippen molar-refractivity contribution in [3.63, 3.8) is 0 Å². The molecule has 1 rings (SSSR count). The average Bonchev–Trinajstić information content (AvgIpc) is 2.12. The molecule has 0 spiro atoms. The van der Waals surface area contributed by atoms with Crippen molar-refractivity contribution in [3.05, 3.63) is 0 Å². The summed E-state index contributed by atoms with van der Waals surface area (Å²) in [5, 5.41) is 0. The van der Waals surface area contributed by atoms with Crippen molar-refractivity contribution >= 4 is 11.8 Å². The number of hydrogen-bond donors (Lipinski definition) is 1. The number of piperazine rings is 1.